The monoisotopic (exact) mass is 356 g/mol. The van der Waals surface area contributed by atoms with Crippen LogP contribution in [0.15, 0.2) is 29.0 Å². The molecule has 2 aromatic heterocycles. The second-order valence-corrected chi connectivity index (χ2v) is 7.33. The number of ether oxygens (including phenoxy) is 1. The predicted molar refractivity (Wildman–Crippen MR) is 94.2 cm³/mol. The predicted octanol–water partition coefficient (Wildman–Crippen LogP) is 2.44. The van der Waals surface area contributed by atoms with Crippen molar-refractivity contribution in [2.24, 2.45) is 5.92 Å². The summed E-state index contributed by atoms with van der Waals surface area (Å²) in [5, 5.41) is 4.29. The summed E-state index contributed by atoms with van der Waals surface area (Å²) in [6, 6.07) is 3.74. The molecule has 1 aliphatic heterocycles. The van der Waals surface area contributed by atoms with Crippen molar-refractivity contribution in [2.45, 2.75) is 37.5 Å². The fourth-order valence-electron chi connectivity index (χ4n) is 3.75. The molecule has 1 saturated carbocycles. The van der Waals surface area contributed by atoms with Gasteiger partial charge in [0.25, 0.3) is 5.89 Å². The third kappa shape index (κ3) is 3.35. The van der Waals surface area contributed by atoms with Gasteiger partial charge in [0, 0.05) is 45.1 Å². The van der Waals surface area contributed by atoms with Crippen molar-refractivity contribution in [3.63, 3.8) is 0 Å². The molecule has 0 N–H and O–H groups in total. The average molecular weight is 356 g/mol. The van der Waals surface area contributed by atoms with Crippen LogP contribution in [-0.2, 0) is 14.9 Å². The van der Waals surface area contributed by atoms with E-state index in [0.717, 1.165) is 44.2 Å². The minimum atomic E-state index is -0.317. The molecule has 7 nitrogen and oxygen atoms in total. The van der Waals surface area contributed by atoms with Crippen molar-refractivity contribution < 1.29 is 14.1 Å². The number of rotatable bonds is 6. The molecule has 2 fully saturated rings. The molecule has 26 heavy (non-hydrogen) atoms. The maximum absolute atomic E-state index is 12.6. The molecule has 0 bridgehead atoms. The minimum Gasteiger partial charge on any atom is -0.385 e. The van der Waals surface area contributed by atoms with Gasteiger partial charge in [0.1, 0.15) is 0 Å². The summed E-state index contributed by atoms with van der Waals surface area (Å²) >= 11 is 0. The van der Waals surface area contributed by atoms with Crippen LogP contribution in [-0.4, -0.2) is 52.7 Å². The van der Waals surface area contributed by atoms with Crippen molar-refractivity contribution in [1.29, 1.82) is 0 Å². The van der Waals surface area contributed by atoms with Gasteiger partial charge < -0.3 is 14.2 Å². The lowest BCUT2D eigenvalue weighted by molar-refractivity contribution is -0.135. The van der Waals surface area contributed by atoms with Gasteiger partial charge in [0.05, 0.1) is 11.0 Å². The molecular weight excluding hydrogens is 332 g/mol. The maximum Gasteiger partial charge on any atom is 0.259 e. The van der Waals surface area contributed by atoms with Gasteiger partial charge in [-0.2, -0.15) is 4.98 Å². The minimum absolute atomic E-state index is 0.226. The van der Waals surface area contributed by atoms with Crippen LogP contribution in [0.1, 0.15) is 37.9 Å². The number of carbonyl (C=O) groups excluding carboxylic acids is 1. The molecule has 4 rings (SSSR count). The van der Waals surface area contributed by atoms with E-state index in [4.69, 9.17) is 9.26 Å². The normalized spacial score (nSPS) is 23.2. The highest BCUT2D eigenvalue weighted by Gasteiger charge is 2.44. The van der Waals surface area contributed by atoms with Crippen LogP contribution in [0.25, 0.3) is 11.5 Å². The van der Waals surface area contributed by atoms with E-state index in [0.29, 0.717) is 24.9 Å². The number of piperidine rings is 1. The smallest absolute Gasteiger partial charge is 0.259 e. The number of aromatic nitrogens is 3. The van der Waals surface area contributed by atoms with Gasteiger partial charge in [0.15, 0.2) is 5.82 Å². The number of pyridine rings is 1. The molecule has 7 heteroatoms. The second kappa shape index (κ2) is 7.15. The fourth-order valence-corrected chi connectivity index (χ4v) is 3.75. The van der Waals surface area contributed by atoms with Crippen LogP contribution in [0.5, 0.6) is 0 Å². The Bertz CT molecular complexity index is 759. The Morgan fingerprint density at radius 3 is 3.08 bits per heavy atom. The molecular formula is C19H24N4O3. The van der Waals surface area contributed by atoms with E-state index < -0.39 is 0 Å². The molecule has 0 spiro atoms. The highest BCUT2D eigenvalue weighted by atomic mass is 16.5. The molecule has 1 atom stereocenters. The van der Waals surface area contributed by atoms with Gasteiger partial charge in [-0.1, -0.05) is 5.16 Å². The quantitative estimate of drug-likeness (QED) is 0.791. The molecule has 2 aliphatic rings. The lowest BCUT2D eigenvalue weighted by Gasteiger charge is -2.41. The summed E-state index contributed by atoms with van der Waals surface area (Å²) in [6.45, 7) is 2.05. The second-order valence-electron chi connectivity index (χ2n) is 7.33. The third-order valence-corrected chi connectivity index (χ3v) is 5.41. The van der Waals surface area contributed by atoms with E-state index in [2.05, 4.69) is 15.1 Å². The average Bonchev–Trinajstić information content (AvgIpc) is 3.42. The Morgan fingerprint density at radius 2 is 2.35 bits per heavy atom. The molecule has 1 unspecified atom stereocenters. The van der Waals surface area contributed by atoms with E-state index in [9.17, 15) is 4.79 Å². The zero-order valence-corrected chi connectivity index (χ0v) is 15.1. The summed E-state index contributed by atoms with van der Waals surface area (Å²) in [5.74, 6) is 1.64. The Labute approximate surface area is 152 Å². The Morgan fingerprint density at radius 1 is 1.46 bits per heavy atom. The Hall–Kier alpha value is -2.28. The largest absolute Gasteiger partial charge is 0.385 e. The van der Waals surface area contributed by atoms with Crippen molar-refractivity contribution >= 4 is 5.91 Å². The van der Waals surface area contributed by atoms with Crippen LogP contribution >= 0.6 is 0 Å². The Kier molecular flexibility index (Phi) is 4.72. The first-order chi connectivity index (χ1) is 12.7. The third-order valence-electron chi connectivity index (χ3n) is 5.41. The van der Waals surface area contributed by atoms with Gasteiger partial charge in [-0.15, -0.1) is 0 Å². The molecule has 1 aliphatic carbocycles. The zero-order chi connectivity index (χ0) is 18.0. The summed E-state index contributed by atoms with van der Waals surface area (Å²) in [7, 11) is 1.70. The number of methoxy groups -OCH3 is 1. The van der Waals surface area contributed by atoms with Gasteiger partial charge in [0.2, 0.25) is 5.91 Å². The van der Waals surface area contributed by atoms with Gasteiger partial charge in [-0.05, 0) is 44.2 Å². The van der Waals surface area contributed by atoms with Crippen LogP contribution < -0.4 is 0 Å². The Balaban J connectivity index is 1.61. The fraction of sp³-hybridized carbons (Fsp3) is 0.579. The van der Waals surface area contributed by atoms with Crippen LogP contribution in [0.4, 0.5) is 0 Å². The first kappa shape index (κ1) is 17.1. The van der Waals surface area contributed by atoms with Crippen molar-refractivity contribution in [2.75, 3.05) is 26.8 Å². The summed E-state index contributed by atoms with van der Waals surface area (Å²) in [4.78, 5) is 23.4. The molecule has 0 radical (unpaired) electrons. The molecule has 138 valence electrons. The van der Waals surface area contributed by atoms with Gasteiger partial charge in [-0.3, -0.25) is 9.78 Å². The van der Waals surface area contributed by atoms with Gasteiger partial charge in [-0.25, -0.2) is 0 Å². The van der Waals surface area contributed by atoms with Gasteiger partial charge >= 0.3 is 0 Å². The number of amides is 1. The summed E-state index contributed by atoms with van der Waals surface area (Å²) in [5.41, 5.74) is 0.484. The van der Waals surface area contributed by atoms with Crippen molar-refractivity contribution in [3.05, 3.63) is 30.4 Å². The lowest BCUT2D eigenvalue weighted by atomic mass is 9.76. The number of nitrogens with zero attached hydrogens (tertiary/aromatic N) is 4. The van der Waals surface area contributed by atoms with E-state index >= 15 is 0 Å². The summed E-state index contributed by atoms with van der Waals surface area (Å²) < 4.78 is 10.9. The number of hydrogen-bond donors (Lipinski definition) is 0. The number of likely N-dealkylation sites (tertiary alicyclic amines) is 1. The molecule has 1 amide bonds. The highest BCUT2D eigenvalue weighted by Crippen LogP contribution is 2.39. The molecule has 0 aromatic carbocycles. The standard InChI is InChI=1S/C19H24N4O3/c1-25-11-8-19(7-3-10-23(13-19)17(24)14-5-6-14)18-21-16(26-22-18)15-4-2-9-20-12-15/h2,4,9,12,14H,3,5-8,10-11,13H2,1H3. The molecule has 3 heterocycles. The van der Waals surface area contributed by atoms with E-state index in [1.807, 2.05) is 17.0 Å². The zero-order valence-electron chi connectivity index (χ0n) is 15.1. The topological polar surface area (TPSA) is 81.3 Å². The first-order valence-corrected chi connectivity index (χ1v) is 9.24. The molecule has 1 saturated heterocycles. The van der Waals surface area contributed by atoms with E-state index in [-0.39, 0.29) is 17.2 Å². The van der Waals surface area contributed by atoms with Crippen LogP contribution in [0.2, 0.25) is 0 Å². The maximum atomic E-state index is 12.6. The van der Waals surface area contributed by atoms with E-state index in [1.165, 1.54) is 0 Å². The van der Waals surface area contributed by atoms with Crippen LogP contribution in [0.3, 0.4) is 0 Å². The van der Waals surface area contributed by atoms with Crippen molar-refractivity contribution in [1.82, 2.24) is 20.0 Å². The van der Waals surface area contributed by atoms with Crippen LogP contribution in [0, 0.1) is 5.92 Å². The molecule has 2 aromatic rings. The summed E-state index contributed by atoms with van der Waals surface area (Å²) in [6.07, 6.45) is 8.10. The first-order valence-electron chi connectivity index (χ1n) is 9.24. The highest BCUT2D eigenvalue weighted by molar-refractivity contribution is 5.81. The lowest BCUT2D eigenvalue weighted by Crippen LogP contribution is -2.50. The SMILES string of the molecule is COCCC1(c2noc(-c3cccnc3)n2)CCCN(C(=O)C2CC2)C1. The number of carbonyl (C=O) groups is 1. The van der Waals surface area contributed by atoms with E-state index in [1.54, 1.807) is 19.5 Å². The van der Waals surface area contributed by atoms with Crippen molar-refractivity contribution in [3.8, 4) is 11.5 Å². The number of hydrogen-bond acceptors (Lipinski definition) is 6.